The summed E-state index contributed by atoms with van der Waals surface area (Å²) in [6, 6.07) is 23.9. The average Bonchev–Trinajstić information content (AvgIpc) is 2.91. The fraction of sp³-hybridized carbons (Fsp3) is 0.286. The van der Waals surface area contributed by atoms with Gasteiger partial charge in [-0.05, 0) is 42.3 Å². The number of carbonyl (C=O) groups is 1. The van der Waals surface area contributed by atoms with Crippen LogP contribution in [0.15, 0.2) is 88.3 Å². The van der Waals surface area contributed by atoms with Crippen LogP contribution in [0, 0.1) is 11.7 Å². The van der Waals surface area contributed by atoms with Crippen LogP contribution < -0.4 is 5.32 Å². The fourth-order valence-corrected chi connectivity index (χ4v) is 6.20. The van der Waals surface area contributed by atoms with Gasteiger partial charge in [0.1, 0.15) is 11.4 Å². The van der Waals surface area contributed by atoms with Gasteiger partial charge in [-0.2, -0.15) is 0 Å². The number of thioether (sulfide) groups is 1. The Bertz CT molecular complexity index is 1240. The van der Waals surface area contributed by atoms with Gasteiger partial charge < -0.3 is 14.8 Å². The van der Waals surface area contributed by atoms with E-state index >= 15 is 4.39 Å². The molecule has 8 heteroatoms. The van der Waals surface area contributed by atoms with E-state index in [0.717, 1.165) is 10.0 Å². The number of carbonyl (C=O) groups excluding carboxylic acids is 1. The van der Waals surface area contributed by atoms with Gasteiger partial charge in [-0.1, -0.05) is 76.2 Å². The Hall–Kier alpha value is -2.52. The number of nitrogens with zero attached hydrogens (tertiary/aromatic N) is 1. The van der Waals surface area contributed by atoms with Crippen molar-refractivity contribution in [2.75, 3.05) is 19.0 Å². The SMILES string of the molecule is O=C(NC1=N[C@@]2(c3cc(Br)ccc3F)COC(COCc3ccccc3)CC2CS1)c1ccccc1. The standard InChI is InChI=1S/C28H26BrFN2O3S/c29-22-11-12-25(30)24(14-22)28-18-35-23(16-34-15-19-7-3-1-4-8-19)13-21(28)17-36-27(32-28)31-26(33)20-9-5-2-6-10-20/h1-12,14,21,23H,13,15-18H2,(H,31,32,33)/t21?,23?,28-/m0/s1. The van der Waals surface area contributed by atoms with Gasteiger partial charge in [0.25, 0.3) is 5.91 Å². The van der Waals surface area contributed by atoms with Crippen LogP contribution in [-0.2, 0) is 21.6 Å². The van der Waals surface area contributed by atoms with Crippen molar-refractivity contribution in [2.24, 2.45) is 10.9 Å². The highest BCUT2D eigenvalue weighted by molar-refractivity contribution is 9.10. The molecular weight excluding hydrogens is 543 g/mol. The molecule has 3 aromatic rings. The van der Waals surface area contributed by atoms with Gasteiger partial charge in [0.15, 0.2) is 5.17 Å². The van der Waals surface area contributed by atoms with Crippen molar-refractivity contribution in [3.63, 3.8) is 0 Å². The molecular formula is C28H26BrFN2O3S. The molecule has 1 fully saturated rings. The first-order valence-electron chi connectivity index (χ1n) is 11.8. The molecule has 3 atom stereocenters. The molecule has 1 N–H and O–H groups in total. The molecule has 0 spiro atoms. The normalized spacial score (nSPS) is 23.4. The molecule has 2 aliphatic heterocycles. The predicted molar refractivity (Wildman–Crippen MR) is 144 cm³/mol. The van der Waals surface area contributed by atoms with Crippen LogP contribution >= 0.6 is 27.7 Å². The zero-order valence-corrected chi connectivity index (χ0v) is 21.9. The van der Waals surface area contributed by atoms with Crippen LogP contribution in [0.1, 0.15) is 27.9 Å². The number of nitrogens with one attached hydrogen (secondary N) is 1. The van der Waals surface area contributed by atoms with Gasteiger partial charge in [-0.15, -0.1) is 0 Å². The third-order valence-corrected chi connectivity index (χ3v) is 8.08. The Labute approximate surface area is 222 Å². The molecule has 0 bridgehead atoms. The highest BCUT2D eigenvalue weighted by atomic mass is 79.9. The first-order chi connectivity index (χ1) is 17.5. The van der Waals surface area contributed by atoms with Crippen LogP contribution in [0.4, 0.5) is 4.39 Å². The van der Waals surface area contributed by atoms with Crippen molar-refractivity contribution < 1.29 is 18.7 Å². The van der Waals surface area contributed by atoms with Gasteiger partial charge in [0, 0.05) is 27.3 Å². The Kier molecular flexibility index (Phi) is 7.86. The summed E-state index contributed by atoms with van der Waals surface area (Å²) < 4.78 is 28.1. The molecule has 2 heterocycles. The second-order valence-electron chi connectivity index (χ2n) is 8.96. The summed E-state index contributed by atoms with van der Waals surface area (Å²) in [6.45, 7) is 1.17. The van der Waals surface area contributed by atoms with Crippen LogP contribution in [0.3, 0.4) is 0 Å². The van der Waals surface area contributed by atoms with Crippen LogP contribution in [0.2, 0.25) is 0 Å². The number of ether oxygens (including phenoxy) is 2. The van der Waals surface area contributed by atoms with E-state index in [1.165, 1.54) is 17.8 Å². The second-order valence-corrected chi connectivity index (χ2v) is 10.9. The van der Waals surface area contributed by atoms with Crippen molar-refractivity contribution in [1.82, 2.24) is 5.32 Å². The molecule has 3 aromatic carbocycles. The summed E-state index contributed by atoms with van der Waals surface area (Å²) in [5.74, 6) is 0.116. The number of fused-ring (bicyclic) bond motifs is 1. The molecule has 1 saturated heterocycles. The molecule has 0 aromatic heterocycles. The maximum atomic E-state index is 15.2. The average molecular weight is 569 g/mol. The minimum Gasteiger partial charge on any atom is -0.374 e. The Morgan fingerprint density at radius 2 is 1.89 bits per heavy atom. The number of rotatable bonds is 6. The predicted octanol–water partition coefficient (Wildman–Crippen LogP) is 5.94. The van der Waals surface area contributed by atoms with Gasteiger partial charge >= 0.3 is 0 Å². The quantitative estimate of drug-likeness (QED) is 0.400. The van der Waals surface area contributed by atoms with E-state index in [2.05, 4.69) is 21.2 Å². The molecule has 36 heavy (non-hydrogen) atoms. The molecule has 0 aliphatic carbocycles. The van der Waals surface area contributed by atoms with Crippen molar-refractivity contribution in [3.8, 4) is 0 Å². The maximum absolute atomic E-state index is 15.2. The lowest BCUT2D eigenvalue weighted by molar-refractivity contribution is -0.0927. The molecule has 1 amide bonds. The number of aliphatic imine (C=N–C) groups is 1. The first kappa shape index (κ1) is 25.1. The number of amidine groups is 1. The smallest absolute Gasteiger partial charge is 0.257 e. The van der Waals surface area contributed by atoms with E-state index in [9.17, 15) is 4.79 Å². The number of hydrogen-bond acceptors (Lipinski definition) is 5. The Balaban J connectivity index is 1.36. The van der Waals surface area contributed by atoms with Gasteiger partial charge in [0.05, 0.1) is 25.9 Å². The molecule has 0 saturated carbocycles. The number of hydrogen-bond donors (Lipinski definition) is 1. The number of amides is 1. The number of benzene rings is 3. The molecule has 0 radical (unpaired) electrons. The fourth-order valence-electron chi connectivity index (χ4n) is 4.67. The molecule has 2 unspecified atom stereocenters. The molecule has 5 rings (SSSR count). The van der Waals surface area contributed by atoms with Crippen molar-refractivity contribution in [2.45, 2.75) is 24.7 Å². The van der Waals surface area contributed by atoms with E-state index in [1.54, 1.807) is 24.3 Å². The summed E-state index contributed by atoms with van der Waals surface area (Å²) in [5, 5.41) is 3.39. The highest BCUT2D eigenvalue weighted by Crippen LogP contribution is 2.47. The topological polar surface area (TPSA) is 59.9 Å². The maximum Gasteiger partial charge on any atom is 0.257 e. The zero-order chi connectivity index (χ0) is 25.0. The monoisotopic (exact) mass is 568 g/mol. The summed E-state index contributed by atoms with van der Waals surface area (Å²) in [6.07, 6.45) is 0.565. The lowest BCUT2D eigenvalue weighted by Crippen LogP contribution is -2.52. The van der Waals surface area contributed by atoms with Gasteiger partial charge in [0.2, 0.25) is 0 Å². The van der Waals surface area contributed by atoms with Crippen LogP contribution in [0.5, 0.6) is 0 Å². The summed E-state index contributed by atoms with van der Waals surface area (Å²) in [4.78, 5) is 17.7. The number of halogens is 2. The molecule has 2 aliphatic rings. The van der Waals surface area contributed by atoms with Crippen LogP contribution in [0.25, 0.3) is 0 Å². The van der Waals surface area contributed by atoms with E-state index in [4.69, 9.17) is 14.5 Å². The third-order valence-electron chi connectivity index (χ3n) is 6.55. The van der Waals surface area contributed by atoms with Crippen molar-refractivity contribution >= 4 is 38.8 Å². The highest BCUT2D eigenvalue weighted by Gasteiger charge is 2.49. The minimum absolute atomic E-state index is 0.0164. The Morgan fingerprint density at radius 3 is 2.67 bits per heavy atom. The van der Waals surface area contributed by atoms with Gasteiger partial charge in [-0.3, -0.25) is 4.79 Å². The first-order valence-corrected chi connectivity index (χ1v) is 13.6. The van der Waals surface area contributed by atoms with Crippen molar-refractivity contribution in [3.05, 3.63) is 106 Å². The van der Waals surface area contributed by atoms with Gasteiger partial charge in [-0.25, -0.2) is 9.38 Å². The van der Waals surface area contributed by atoms with E-state index in [0.29, 0.717) is 41.7 Å². The third kappa shape index (κ3) is 5.57. The molecule has 5 nitrogen and oxygen atoms in total. The lowest BCUT2D eigenvalue weighted by Gasteiger charge is -2.46. The summed E-state index contributed by atoms with van der Waals surface area (Å²) in [7, 11) is 0. The lowest BCUT2D eigenvalue weighted by atomic mass is 9.75. The minimum atomic E-state index is -0.936. The summed E-state index contributed by atoms with van der Waals surface area (Å²) in [5.41, 5.74) is 1.18. The van der Waals surface area contributed by atoms with Crippen molar-refractivity contribution in [1.29, 1.82) is 0 Å². The molecule has 186 valence electrons. The van der Waals surface area contributed by atoms with E-state index in [1.807, 2.05) is 48.5 Å². The largest absolute Gasteiger partial charge is 0.374 e. The Morgan fingerprint density at radius 1 is 1.14 bits per heavy atom. The van der Waals surface area contributed by atoms with E-state index in [-0.39, 0.29) is 30.4 Å². The van der Waals surface area contributed by atoms with E-state index < -0.39 is 5.54 Å². The summed E-state index contributed by atoms with van der Waals surface area (Å²) >= 11 is 4.96. The zero-order valence-electron chi connectivity index (χ0n) is 19.5. The second kappa shape index (κ2) is 11.3. The van der Waals surface area contributed by atoms with Crippen LogP contribution in [-0.4, -0.2) is 36.1 Å².